The van der Waals surface area contributed by atoms with Crippen molar-refractivity contribution < 1.29 is 4.74 Å². The molecule has 0 saturated heterocycles. The number of nitrogens with zero attached hydrogens (tertiary/aromatic N) is 2. The van der Waals surface area contributed by atoms with E-state index in [1.165, 1.54) is 11.5 Å². The first-order chi connectivity index (χ1) is 9.29. The molecule has 2 aromatic rings. The van der Waals surface area contributed by atoms with Gasteiger partial charge in [0.25, 0.3) is 0 Å². The minimum Gasteiger partial charge on any atom is -0.383 e. The Morgan fingerprint density at radius 3 is 3.05 bits per heavy atom. The Kier molecular flexibility index (Phi) is 6.06. The van der Waals surface area contributed by atoms with E-state index >= 15 is 0 Å². The second-order valence-corrected chi connectivity index (χ2v) is 6.24. The highest BCUT2D eigenvalue weighted by Crippen LogP contribution is 2.31. The van der Waals surface area contributed by atoms with Crippen molar-refractivity contribution in [2.45, 2.75) is 15.8 Å². The van der Waals surface area contributed by atoms with Gasteiger partial charge in [0.15, 0.2) is 4.34 Å². The molecule has 0 aliphatic rings. The SMILES string of the molecule is COCCNCc1ccc(Sc2ncns2)cc1Cl. The fourth-order valence-electron chi connectivity index (χ4n) is 1.44. The van der Waals surface area contributed by atoms with Gasteiger partial charge in [0.05, 0.1) is 6.61 Å². The lowest BCUT2D eigenvalue weighted by Gasteiger charge is -2.07. The average molecular weight is 316 g/mol. The Morgan fingerprint density at radius 1 is 1.47 bits per heavy atom. The van der Waals surface area contributed by atoms with E-state index in [0.717, 1.165) is 32.9 Å². The van der Waals surface area contributed by atoms with Crippen LogP contribution in [-0.2, 0) is 11.3 Å². The van der Waals surface area contributed by atoms with Crippen molar-refractivity contribution in [2.75, 3.05) is 20.3 Å². The molecule has 1 aromatic carbocycles. The van der Waals surface area contributed by atoms with Crippen LogP contribution in [0.2, 0.25) is 5.02 Å². The number of ether oxygens (including phenoxy) is 1. The van der Waals surface area contributed by atoms with Gasteiger partial charge in [-0.1, -0.05) is 29.4 Å². The van der Waals surface area contributed by atoms with Gasteiger partial charge in [0.2, 0.25) is 0 Å². The molecule has 0 aliphatic heterocycles. The molecule has 1 heterocycles. The summed E-state index contributed by atoms with van der Waals surface area (Å²) in [5, 5.41) is 4.04. The molecule has 0 atom stereocenters. The van der Waals surface area contributed by atoms with Crippen LogP contribution in [0.1, 0.15) is 5.56 Å². The molecule has 102 valence electrons. The van der Waals surface area contributed by atoms with E-state index in [1.54, 1.807) is 25.2 Å². The highest BCUT2D eigenvalue weighted by atomic mass is 35.5. The molecule has 2 rings (SSSR count). The van der Waals surface area contributed by atoms with Crippen molar-refractivity contribution in [2.24, 2.45) is 0 Å². The van der Waals surface area contributed by atoms with E-state index in [1.807, 2.05) is 18.2 Å². The van der Waals surface area contributed by atoms with Gasteiger partial charge in [-0.15, -0.1) is 0 Å². The highest BCUT2D eigenvalue weighted by molar-refractivity contribution is 8.01. The van der Waals surface area contributed by atoms with Crippen LogP contribution in [0.5, 0.6) is 0 Å². The summed E-state index contributed by atoms with van der Waals surface area (Å²) in [6, 6.07) is 6.04. The summed E-state index contributed by atoms with van der Waals surface area (Å²) in [6.07, 6.45) is 1.56. The van der Waals surface area contributed by atoms with E-state index < -0.39 is 0 Å². The van der Waals surface area contributed by atoms with Crippen molar-refractivity contribution in [1.82, 2.24) is 14.7 Å². The minimum absolute atomic E-state index is 0.697. The van der Waals surface area contributed by atoms with E-state index in [9.17, 15) is 0 Å². The quantitative estimate of drug-likeness (QED) is 0.796. The number of hydrogen-bond acceptors (Lipinski definition) is 6. The lowest BCUT2D eigenvalue weighted by Crippen LogP contribution is -2.18. The fraction of sp³-hybridized carbons (Fsp3) is 0.333. The molecule has 7 heteroatoms. The lowest BCUT2D eigenvalue weighted by atomic mass is 10.2. The summed E-state index contributed by atoms with van der Waals surface area (Å²) in [6.45, 7) is 2.25. The molecule has 4 nitrogen and oxygen atoms in total. The summed E-state index contributed by atoms with van der Waals surface area (Å²) in [5.41, 5.74) is 1.08. The van der Waals surface area contributed by atoms with Crippen molar-refractivity contribution in [3.05, 3.63) is 35.1 Å². The van der Waals surface area contributed by atoms with Gasteiger partial charge in [0, 0.05) is 30.1 Å². The zero-order chi connectivity index (χ0) is 13.5. The molecule has 0 unspecified atom stereocenters. The number of hydrogen-bond donors (Lipinski definition) is 1. The van der Waals surface area contributed by atoms with E-state index in [0.29, 0.717) is 6.61 Å². The van der Waals surface area contributed by atoms with Gasteiger partial charge in [-0.3, -0.25) is 0 Å². The zero-order valence-electron chi connectivity index (χ0n) is 10.4. The smallest absolute Gasteiger partial charge is 0.174 e. The molecule has 0 aliphatic carbocycles. The number of benzene rings is 1. The third kappa shape index (κ3) is 4.74. The zero-order valence-corrected chi connectivity index (χ0v) is 12.8. The molecule has 19 heavy (non-hydrogen) atoms. The van der Waals surface area contributed by atoms with Gasteiger partial charge >= 0.3 is 0 Å². The van der Waals surface area contributed by atoms with Crippen LogP contribution >= 0.6 is 34.9 Å². The van der Waals surface area contributed by atoms with Gasteiger partial charge in [-0.2, -0.15) is 4.37 Å². The van der Waals surface area contributed by atoms with E-state index in [-0.39, 0.29) is 0 Å². The normalized spacial score (nSPS) is 10.8. The van der Waals surface area contributed by atoms with Crippen LogP contribution < -0.4 is 5.32 Å². The molecule has 1 aromatic heterocycles. The first-order valence-electron chi connectivity index (χ1n) is 5.72. The number of halogens is 1. The summed E-state index contributed by atoms with van der Waals surface area (Å²) >= 11 is 9.21. The fourth-order valence-corrected chi connectivity index (χ4v) is 3.21. The van der Waals surface area contributed by atoms with Gasteiger partial charge in [0.1, 0.15) is 6.33 Å². The maximum absolute atomic E-state index is 6.27. The van der Waals surface area contributed by atoms with Crippen LogP contribution in [0, 0.1) is 0 Å². The van der Waals surface area contributed by atoms with Crippen molar-refractivity contribution >= 4 is 34.9 Å². The predicted octanol–water partition coefficient (Wildman–Crippen LogP) is 3.08. The van der Waals surface area contributed by atoms with Crippen LogP contribution in [-0.4, -0.2) is 29.6 Å². The third-order valence-corrected chi connectivity index (χ3v) is 4.43. The minimum atomic E-state index is 0.697. The molecule has 1 N–H and O–H groups in total. The number of aromatic nitrogens is 2. The second kappa shape index (κ2) is 7.81. The van der Waals surface area contributed by atoms with Gasteiger partial charge in [-0.25, -0.2) is 4.98 Å². The van der Waals surface area contributed by atoms with Crippen molar-refractivity contribution in [3.8, 4) is 0 Å². The Balaban J connectivity index is 1.93. The van der Waals surface area contributed by atoms with E-state index in [2.05, 4.69) is 14.7 Å². The molecular formula is C12H14ClN3OS2. The Hall–Kier alpha value is -0.660. The highest BCUT2D eigenvalue weighted by Gasteiger charge is 2.05. The molecule has 0 radical (unpaired) electrons. The second-order valence-electron chi connectivity index (χ2n) is 3.73. The molecule has 0 spiro atoms. The largest absolute Gasteiger partial charge is 0.383 e. The lowest BCUT2D eigenvalue weighted by molar-refractivity contribution is 0.199. The van der Waals surface area contributed by atoms with Crippen molar-refractivity contribution in [3.63, 3.8) is 0 Å². The van der Waals surface area contributed by atoms with Crippen LogP contribution in [0.15, 0.2) is 33.8 Å². The first-order valence-corrected chi connectivity index (χ1v) is 7.69. The maximum Gasteiger partial charge on any atom is 0.174 e. The number of rotatable bonds is 7. The van der Waals surface area contributed by atoms with Crippen molar-refractivity contribution in [1.29, 1.82) is 0 Å². The maximum atomic E-state index is 6.27. The van der Waals surface area contributed by atoms with Crippen LogP contribution in [0.25, 0.3) is 0 Å². The monoisotopic (exact) mass is 315 g/mol. The first kappa shape index (κ1) is 14.7. The summed E-state index contributed by atoms with van der Waals surface area (Å²) in [5.74, 6) is 0. The standard InChI is InChI=1S/C12H14ClN3OS2/c1-17-5-4-14-7-9-2-3-10(6-11(9)13)18-12-15-8-16-19-12/h2-3,6,8,14H,4-5,7H2,1H3. The third-order valence-electron chi connectivity index (χ3n) is 2.37. The van der Waals surface area contributed by atoms with E-state index in [4.69, 9.17) is 16.3 Å². The Labute approximate surface area is 125 Å². The molecular weight excluding hydrogens is 302 g/mol. The Morgan fingerprint density at radius 2 is 2.37 bits per heavy atom. The molecule has 0 saturated carbocycles. The molecule has 0 fully saturated rings. The van der Waals surface area contributed by atoms with Gasteiger partial charge < -0.3 is 10.1 Å². The summed E-state index contributed by atoms with van der Waals surface area (Å²) in [4.78, 5) is 5.21. The summed E-state index contributed by atoms with van der Waals surface area (Å²) < 4.78 is 9.87. The van der Waals surface area contributed by atoms with Crippen LogP contribution in [0.4, 0.5) is 0 Å². The molecule has 0 bridgehead atoms. The number of nitrogens with one attached hydrogen (secondary N) is 1. The predicted molar refractivity (Wildman–Crippen MR) is 79.1 cm³/mol. The summed E-state index contributed by atoms with van der Waals surface area (Å²) in [7, 11) is 1.69. The molecule has 0 amide bonds. The topological polar surface area (TPSA) is 47.0 Å². The van der Waals surface area contributed by atoms with Crippen LogP contribution in [0.3, 0.4) is 0 Å². The Bertz CT molecular complexity index is 508. The number of methoxy groups -OCH3 is 1. The average Bonchev–Trinajstić information content (AvgIpc) is 2.90. The van der Waals surface area contributed by atoms with Gasteiger partial charge in [-0.05, 0) is 29.2 Å².